The van der Waals surface area contributed by atoms with Crippen LogP contribution >= 0.6 is 0 Å². The molecule has 2 aliphatic rings. The van der Waals surface area contributed by atoms with E-state index in [1.807, 2.05) is 23.1 Å². The second-order valence-corrected chi connectivity index (χ2v) is 9.45. The molecule has 2 aliphatic heterocycles. The Bertz CT molecular complexity index is 1310. The van der Waals surface area contributed by atoms with Crippen molar-refractivity contribution >= 4 is 11.8 Å². The molecule has 0 aliphatic carbocycles. The maximum absolute atomic E-state index is 14.8. The topological polar surface area (TPSA) is 52.7 Å². The number of nitrogens with one attached hydrogen (secondary N) is 1. The molecule has 0 spiro atoms. The molecular formula is C28H25F4N3O2. The SMILES string of the molecule is O=C(c1ccccc1)N1CC[C@H](NC2CN(C(=O)c3ccc(-c4cccc(C(F)(F)F)c4)cc3F)C2)C1. The number of likely N-dealkylation sites (tertiary alicyclic amines) is 2. The van der Waals surface area contributed by atoms with Crippen LogP contribution in [0.4, 0.5) is 17.6 Å². The van der Waals surface area contributed by atoms with Gasteiger partial charge in [-0.3, -0.25) is 9.59 Å². The van der Waals surface area contributed by atoms with E-state index in [-0.39, 0.29) is 34.7 Å². The summed E-state index contributed by atoms with van der Waals surface area (Å²) in [6.07, 6.45) is -3.69. The highest BCUT2D eigenvalue weighted by Gasteiger charge is 2.36. The molecule has 2 fully saturated rings. The van der Waals surface area contributed by atoms with E-state index >= 15 is 0 Å². The van der Waals surface area contributed by atoms with Crippen LogP contribution in [-0.4, -0.2) is 59.9 Å². The van der Waals surface area contributed by atoms with Crippen molar-refractivity contribution in [3.63, 3.8) is 0 Å². The van der Waals surface area contributed by atoms with Gasteiger partial charge in [0.05, 0.1) is 11.1 Å². The van der Waals surface area contributed by atoms with E-state index < -0.39 is 23.5 Å². The molecule has 0 aromatic heterocycles. The maximum atomic E-state index is 14.8. The Balaban J connectivity index is 1.15. The zero-order valence-corrected chi connectivity index (χ0v) is 19.8. The fourth-order valence-electron chi connectivity index (χ4n) is 4.84. The van der Waals surface area contributed by atoms with Crippen molar-refractivity contribution in [3.05, 3.63) is 95.3 Å². The third kappa shape index (κ3) is 5.36. The number of alkyl halides is 3. The summed E-state index contributed by atoms with van der Waals surface area (Å²) < 4.78 is 53.8. The Morgan fingerprint density at radius 1 is 0.784 bits per heavy atom. The average molecular weight is 512 g/mol. The predicted octanol–water partition coefficient (Wildman–Crippen LogP) is 4.84. The molecule has 1 atom stereocenters. The largest absolute Gasteiger partial charge is 0.416 e. The first-order chi connectivity index (χ1) is 17.7. The van der Waals surface area contributed by atoms with E-state index in [1.54, 1.807) is 12.1 Å². The standard InChI is InChI=1S/C28H25F4N3O2/c29-25-14-20(19-7-4-8-21(13-19)28(30,31)32)9-10-24(25)27(37)35-16-23(17-35)33-22-11-12-34(15-22)26(36)18-5-2-1-3-6-18/h1-10,13-14,22-23,33H,11-12,15-17H2/t22-/m0/s1. The number of nitrogens with zero attached hydrogens (tertiary/aromatic N) is 2. The summed E-state index contributed by atoms with van der Waals surface area (Å²) in [6.45, 7) is 2.07. The van der Waals surface area contributed by atoms with Gasteiger partial charge >= 0.3 is 6.18 Å². The van der Waals surface area contributed by atoms with E-state index in [2.05, 4.69) is 5.32 Å². The molecule has 192 valence electrons. The second-order valence-electron chi connectivity index (χ2n) is 9.45. The van der Waals surface area contributed by atoms with Crippen molar-refractivity contribution in [2.24, 2.45) is 0 Å². The first-order valence-corrected chi connectivity index (χ1v) is 12.1. The molecular weight excluding hydrogens is 486 g/mol. The summed E-state index contributed by atoms with van der Waals surface area (Å²) in [5.74, 6) is -1.24. The molecule has 9 heteroatoms. The fourth-order valence-corrected chi connectivity index (χ4v) is 4.84. The molecule has 37 heavy (non-hydrogen) atoms. The van der Waals surface area contributed by atoms with Crippen LogP contribution in [-0.2, 0) is 6.18 Å². The number of halogens is 4. The molecule has 5 rings (SSSR count). The van der Waals surface area contributed by atoms with E-state index in [0.29, 0.717) is 31.7 Å². The van der Waals surface area contributed by atoms with Gasteiger partial charge in [0.2, 0.25) is 0 Å². The monoisotopic (exact) mass is 511 g/mol. The lowest BCUT2D eigenvalue weighted by Gasteiger charge is -2.41. The molecule has 5 nitrogen and oxygen atoms in total. The van der Waals surface area contributed by atoms with Crippen LogP contribution in [0.25, 0.3) is 11.1 Å². The molecule has 0 bridgehead atoms. The van der Waals surface area contributed by atoms with Crippen LogP contribution in [0.5, 0.6) is 0 Å². The van der Waals surface area contributed by atoms with Gasteiger partial charge in [0.25, 0.3) is 11.8 Å². The van der Waals surface area contributed by atoms with Gasteiger partial charge in [0, 0.05) is 43.8 Å². The molecule has 2 amide bonds. The van der Waals surface area contributed by atoms with Gasteiger partial charge in [0.15, 0.2) is 0 Å². The van der Waals surface area contributed by atoms with Crippen molar-refractivity contribution in [3.8, 4) is 11.1 Å². The number of rotatable bonds is 5. The molecule has 0 radical (unpaired) electrons. The lowest BCUT2D eigenvalue weighted by Crippen LogP contribution is -2.62. The third-order valence-electron chi connectivity index (χ3n) is 6.86. The van der Waals surface area contributed by atoms with Crippen LogP contribution < -0.4 is 5.32 Å². The highest BCUT2D eigenvalue weighted by Crippen LogP contribution is 2.32. The normalized spacial score (nSPS) is 18.1. The molecule has 1 N–H and O–H groups in total. The van der Waals surface area contributed by atoms with Crippen LogP contribution in [0.1, 0.15) is 32.7 Å². The summed E-state index contributed by atoms with van der Waals surface area (Å²) in [5, 5.41) is 3.48. The summed E-state index contributed by atoms with van der Waals surface area (Å²) >= 11 is 0. The van der Waals surface area contributed by atoms with Gasteiger partial charge in [-0.1, -0.05) is 36.4 Å². The van der Waals surface area contributed by atoms with Crippen molar-refractivity contribution in [2.45, 2.75) is 24.7 Å². The highest BCUT2D eigenvalue weighted by molar-refractivity contribution is 5.96. The molecule has 2 saturated heterocycles. The number of amides is 2. The summed E-state index contributed by atoms with van der Waals surface area (Å²) in [4.78, 5) is 28.8. The van der Waals surface area contributed by atoms with Gasteiger partial charge in [0.1, 0.15) is 5.82 Å². The summed E-state index contributed by atoms with van der Waals surface area (Å²) in [5.41, 5.74) is 0.204. The number of carbonyl (C=O) groups excluding carboxylic acids is 2. The number of benzene rings is 3. The van der Waals surface area contributed by atoms with Crippen molar-refractivity contribution < 1.29 is 27.2 Å². The molecule has 3 aromatic carbocycles. The Morgan fingerprint density at radius 2 is 1.49 bits per heavy atom. The lowest BCUT2D eigenvalue weighted by molar-refractivity contribution is -0.137. The van der Waals surface area contributed by atoms with E-state index in [0.717, 1.165) is 24.6 Å². The zero-order valence-electron chi connectivity index (χ0n) is 19.8. The van der Waals surface area contributed by atoms with Gasteiger partial charge in [-0.15, -0.1) is 0 Å². The molecule has 0 saturated carbocycles. The quantitative estimate of drug-likeness (QED) is 0.499. The zero-order chi connectivity index (χ0) is 26.2. The Hall–Kier alpha value is -3.72. The highest BCUT2D eigenvalue weighted by atomic mass is 19.4. The van der Waals surface area contributed by atoms with Gasteiger partial charge in [-0.2, -0.15) is 13.2 Å². The minimum Gasteiger partial charge on any atom is -0.337 e. The van der Waals surface area contributed by atoms with Crippen molar-refractivity contribution in [1.29, 1.82) is 0 Å². The maximum Gasteiger partial charge on any atom is 0.416 e. The Morgan fingerprint density at radius 3 is 2.19 bits per heavy atom. The minimum atomic E-state index is -4.50. The number of carbonyl (C=O) groups is 2. The number of hydrogen-bond donors (Lipinski definition) is 1. The predicted molar refractivity (Wildman–Crippen MR) is 130 cm³/mol. The van der Waals surface area contributed by atoms with Crippen LogP contribution in [0.3, 0.4) is 0 Å². The fraction of sp³-hybridized carbons (Fsp3) is 0.286. The van der Waals surface area contributed by atoms with Crippen LogP contribution in [0.15, 0.2) is 72.8 Å². The van der Waals surface area contributed by atoms with E-state index in [9.17, 15) is 27.2 Å². The molecule has 2 heterocycles. The molecule has 0 unspecified atom stereocenters. The summed E-state index contributed by atoms with van der Waals surface area (Å²) in [7, 11) is 0. The molecule has 3 aromatic rings. The van der Waals surface area contributed by atoms with Gasteiger partial charge < -0.3 is 15.1 Å². The smallest absolute Gasteiger partial charge is 0.337 e. The van der Waals surface area contributed by atoms with E-state index in [4.69, 9.17) is 0 Å². The minimum absolute atomic E-state index is 0.000585. The first-order valence-electron chi connectivity index (χ1n) is 12.1. The summed E-state index contributed by atoms with van der Waals surface area (Å²) in [6, 6.07) is 17.8. The van der Waals surface area contributed by atoms with Crippen LogP contribution in [0, 0.1) is 5.82 Å². The Labute approximate surface area is 211 Å². The van der Waals surface area contributed by atoms with Gasteiger partial charge in [-0.05, 0) is 53.9 Å². The number of hydrogen-bond acceptors (Lipinski definition) is 3. The van der Waals surface area contributed by atoms with Crippen molar-refractivity contribution in [1.82, 2.24) is 15.1 Å². The lowest BCUT2D eigenvalue weighted by atomic mass is 9.99. The van der Waals surface area contributed by atoms with Gasteiger partial charge in [-0.25, -0.2) is 4.39 Å². The van der Waals surface area contributed by atoms with E-state index in [1.165, 1.54) is 29.2 Å². The Kier molecular flexibility index (Phi) is 6.72. The third-order valence-corrected chi connectivity index (χ3v) is 6.86. The average Bonchev–Trinajstić information content (AvgIpc) is 3.34. The van der Waals surface area contributed by atoms with Crippen LogP contribution in [0.2, 0.25) is 0 Å². The first kappa shape index (κ1) is 25.0. The van der Waals surface area contributed by atoms with Crippen molar-refractivity contribution in [2.75, 3.05) is 26.2 Å². The second kappa shape index (κ2) is 9.97.